The predicted molar refractivity (Wildman–Crippen MR) is 27.2 cm³/mol. The van der Waals surface area contributed by atoms with Gasteiger partial charge < -0.3 is 0 Å². The van der Waals surface area contributed by atoms with Gasteiger partial charge in [0.25, 0.3) is 0 Å². The van der Waals surface area contributed by atoms with Gasteiger partial charge in [0, 0.05) is 0 Å². The average Bonchev–Trinajstić information content (AvgIpc) is 1.72. The first-order chi connectivity index (χ1) is 3.00. The summed E-state index contributed by atoms with van der Waals surface area (Å²) in [6, 6.07) is 0. The number of nitrogens with one attached hydrogen (secondary N) is 1. The van der Waals surface area contributed by atoms with E-state index in [1.165, 1.54) is 0 Å². The molecule has 0 amide bonds. The van der Waals surface area contributed by atoms with E-state index in [0.29, 0.717) is 0 Å². The van der Waals surface area contributed by atoms with Gasteiger partial charge in [-0.1, -0.05) is 0 Å². The fourth-order valence-electron chi connectivity index (χ4n) is 0.304. The van der Waals surface area contributed by atoms with E-state index in [1.54, 1.807) is 0 Å². The predicted octanol–water partition coefficient (Wildman–Crippen LogP) is 0.236. The van der Waals surface area contributed by atoms with Crippen LogP contribution in [0, 0.1) is 0 Å². The number of allylic oxidation sites excluding steroid dienone is 2. The summed E-state index contributed by atoms with van der Waals surface area (Å²) >= 11 is 0.0903. The van der Waals surface area contributed by atoms with Gasteiger partial charge in [0.2, 0.25) is 0 Å². The summed E-state index contributed by atoms with van der Waals surface area (Å²) in [5.41, 5.74) is 0. The van der Waals surface area contributed by atoms with Crippen molar-refractivity contribution in [3.8, 4) is 0 Å². The van der Waals surface area contributed by atoms with Crippen LogP contribution in [0.5, 0.6) is 0 Å². The van der Waals surface area contributed by atoms with Crippen molar-refractivity contribution in [2.75, 3.05) is 0 Å². The van der Waals surface area contributed by atoms with Crippen LogP contribution in [0.3, 0.4) is 0 Å². The fourth-order valence-corrected chi connectivity index (χ4v) is 1.34. The number of hydrogen-bond acceptors (Lipinski definition) is 1. The normalized spacial score (nSPS) is 17.3. The molecule has 2 heteroatoms. The van der Waals surface area contributed by atoms with Crippen LogP contribution in [0.1, 0.15) is 0 Å². The van der Waals surface area contributed by atoms with Crippen LogP contribution >= 0.6 is 0 Å². The van der Waals surface area contributed by atoms with E-state index in [4.69, 9.17) is 0 Å². The second kappa shape index (κ2) is 2.08. The molecule has 1 heterocycles. The van der Waals surface area contributed by atoms with Gasteiger partial charge in [-0.15, -0.1) is 0 Å². The van der Waals surface area contributed by atoms with Gasteiger partial charge in [-0.25, -0.2) is 0 Å². The summed E-state index contributed by atoms with van der Waals surface area (Å²) in [5.74, 6) is 0. The molecule has 0 aromatic rings. The van der Waals surface area contributed by atoms with Crippen LogP contribution in [0.4, 0.5) is 0 Å². The van der Waals surface area contributed by atoms with E-state index in [1.807, 2.05) is 12.3 Å². The van der Waals surface area contributed by atoms with Crippen LogP contribution in [-0.4, -0.2) is 15.7 Å². The van der Waals surface area contributed by atoms with E-state index in [-0.39, 0.29) is 15.7 Å². The topological polar surface area (TPSA) is 12.0 Å². The number of hydrogen-bond donors (Lipinski definition) is 1. The average molecular weight is 140 g/mol. The van der Waals surface area contributed by atoms with Crippen LogP contribution in [0.15, 0.2) is 23.3 Å². The standard InChI is InChI=1S/C4H5GeN/c1-2-4-6-5-3-1/h1-4,6H. The second-order valence-corrected chi connectivity index (χ2v) is 2.92. The third-order valence-electron chi connectivity index (χ3n) is 0.554. The third-order valence-corrected chi connectivity index (χ3v) is 2.01. The zero-order chi connectivity index (χ0) is 4.24. The first-order valence-corrected chi connectivity index (χ1v) is 4.09. The van der Waals surface area contributed by atoms with Crippen LogP contribution < -0.4 is 4.27 Å². The van der Waals surface area contributed by atoms with Crippen molar-refractivity contribution in [3.05, 3.63) is 23.3 Å². The molecule has 1 N–H and O–H groups in total. The SMILES string of the molecule is C1=C[NH][Ge][CH]=C1. The molecule has 0 unspecified atom stereocenters. The van der Waals surface area contributed by atoms with Crippen molar-refractivity contribution in [3.63, 3.8) is 0 Å². The van der Waals surface area contributed by atoms with Crippen molar-refractivity contribution >= 4 is 15.7 Å². The minimum absolute atomic E-state index is 0.0903. The summed E-state index contributed by atoms with van der Waals surface area (Å²) in [6.07, 6.45) is 6.07. The molecule has 1 aliphatic rings. The maximum atomic E-state index is 3.14. The molecule has 1 nitrogen and oxygen atoms in total. The van der Waals surface area contributed by atoms with Gasteiger partial charge >= 0.3 is 43.2 Å². The van der Waals surface area contributed by atoms with Crippen molar-refractivity contribution in [1.82, 2.24) is 4.27 Å². The van der Waals surface area contributed by atoms with Crippen LogP contribution in [0.25, 0.3) is 0 Å². The molecule has 2 radical (unpaired) electrons. The molecule has 0 fully saturated rings. The van der Waals surface area contributed by atoms with Gasteiger partial charge in [0.05, 0.1) is 0 Å². The van der Waals surface area contributed by atoms with E-state index in [2.05, 4.69) is 15.3 Å². The fraction of sp³-hybridized carbons (Fsp3) is 0. The molecule has 30 valence electrons. The van der Waals surface area contributed by atoms with Crippen molar-refractivity contribution in [2.24, 2.45) is 0 Å². The van der Waals surface area contributed by atoms with Crippen LogP contribution in [0.2, 0.25) is 0 Å². The summed E-state index contributed by atoms with van der Waals surface area (Å²) in [5, 5.41) is 0. The molecule has 1 aliphatic heterocycles. The molecule has 0 spiro atoms. The Morgan fingerprint density at radius 2 is 2.33 bits per heavy atom. The van der Waals surface area contributed by atoms with E-state index in [9.17, 15) is 0 Å². The second-order valence-electron chi connectivity index (χ2n) is 1.01. The Labute approximate surface area is 43.8 Å². The Kier molecular flexibility index (Phi) is 1.38. The molecule has 0 atom stereocenters. The van der Waals surface area contributed by atoms with Gasteiger partial charge in [0.15, 0.2) is 0 Å². The third kappa shape index (κ3) is 0.898. The molecular formula is C4H5GeN. The minimum atomic E-state index is 0.0903. The van der Waals surface area contributed by atoms with Crippen molar-refractivity contribution in [2.45, 2.75) is 0 Å². The van der Waals surface area contributed by atoms with Gasteiger partial charge in [-0.2, -0.15) is 0 Å². The van der Waals surface area contributed by atoms with E-state index >= 15 is 0 Å². The van der Waals surface area contributed by atoms with Gasteiger partial charge in [-0.05, 0) is 0 Å². The Balaban J connectivity index is 2.46. The quantitative estimate of drug-likeness (QED) is 0.474. The summed E-state index contributed by atoms with van der Waals surface area (Å²) in [6.45, 7) is 0. The molecular weight excluding hydrogens is 135 g/mol. The molecule has 0 saturated carbocycles. The summed E-state index contributed by atoms with van der Waals surface area (Å²) < 4.78 is 3.14. The Hall–Kier alpha value is -0.177. The zero-order valence-corrected chi connectivity index (χ0v) is 5.41. The van der Waals surface area contributed by atoms with E-state index < -0.39 is 0 Å². The maximum absolute atomic E-state index is 3.14. The molecule has 0 aromatic carbocycles. The molecule has 0 saturated heterocycles. The molecule has 1 rings (SSSR count). The Bertz CT molecular complexity index is 73.5. The zero-order valence-electron chi connectivity index (χ0n) is 3.31. The first kappa shape index (κ1) is 3.99. The molecule has 0 bridgehead atoms. The van der Waals surface area contributed by atoms with Crippen LogP contribution in [-0.2, 0) is 0 Å². The van der Waals surface area contributed by atoms with E-state index in [0.717, 1.165) is 0 Å². The monoisotopic (exact) mass is 141 g/mol. The van der Waals surface area contributed by atoms with Gasteiger partial charge in [0.1, 0.15) is 0 Å². The molecule has 0 aromatic heterocycles. The Morgan fingerprint density at radius 3 is 2.50 bits per heavy atom. The van der Waals surface area contributed by atoms with Gasteiger partial charge in [-0.3, -0.25) is 0 Å². The number of rotatable bonds is 0. The van der Waals surface area contributed by atoms with Crippen molar-refractivity contribution in [1.29, 1.82) is 0 Å². The molecule has 0 aliphatic carbocycles. The Morgan fingerprint density at radius 1 is 1.33 bits per heavy atom. The summed E-state index contributed by atoms with van der Waals surface area (Å²) in [4.78, 5) is 2.19. The van der Waals surface area contributed by atoms with Crippen molar-refractivity contribution < 1.29 is 0 Å². The summed E-state index contributed by atoms with van der Waals surface area (Å²) in [7, 11) is 0. The molecule has 6 heavy (non-hydrogen) atoms. The first-order valence-electron chi connectivity index (χ1n) is 1.83.